The number of pyridine rings is 1. The summed E-state index contributed by atoms with van der Waals surface area (Å²) in [4.78, 5) is 21.6. The summed E-state index contributed by atoms with van der Waals surface area (Å²) in [6.07, 6.45) is -3.62. The lowest BCUT2D eigenvalue weighted by Gasteiger charge is -2.10. The molecule has 0 amide bonds. The molecule has 5 nitrogen and oxygen atoms in total. The number of aromatic nitrogens is 2. The van der Waals surface area contributed by atoms with Gasteiger partial charge in [0.15, 0.2) is 6.10 Å². The zero-order chi connectivity index (χ0) is 23.6. The molecule has 33 heavy (non-hydrogen) atoms. The molecule has 0 radical (unpaired) electrons. The molecule has 1 unspecified atom stereocenters. The van der Waals surface area contributed by atoms with Crippen molar-refractivity contribution in [2.75, 3.05) is 0 Å². The first-order valence-corrected chi connectivity index (χ1v) is 11.6. The van der Waals surface area contributed by atoms with Gasteiger partial charge in [-0.1, -0.05) is 23.5 Å². The van der Waals surface area contributed by atoms with Crippen LogP contribution in [0.3, 0.4) is 0 Å². The monoisotopic (exact) mass is 490 g/mol. The second-order valence-electron chi connectivity index (χ2n) is 7.08. The summed E-state index contributed by atoms with van der Waals surface area (Å²) in [5.74, 6) is 0.0522. The van der Waals surface area contributed by atoms with Crippen LogP contribution in [0.5, 0.6) is 5.75 Å². The van der Waals surface area contributed by atoms with Gasteiger partial charge in [0.1, 0.15) is 21.1 Å². The minimum atomic E-state index is -4.38. The predicted molar refractivity (Wildman–Crippen MR) is 122 cm³/mol. The van der Waals surface area contributed by atoms with Crippen LogP contribution in [0.1, 0.15) is 18.1 Å². The first-order valence-electron chi connectivity index (χ1n) is 9.75. The number of carboxylic acid groups (broad SMARTS) is 1. The number of carboxylic acids is 1. The number of nitrogens with zero attached hydrogens (tertiary/aromatic N) is 2. The lowest BCUT2D eigenvalue weighted by Crippen LogP contribution is -2.22. The van der Waals surface area contributed by atoms with Gasteiger partial charge in [-0.2, -0.15) is 13.2 Å². The Morgan fingerprint density at radius 2 is 1.82 bits per heavy atom. The molecule has 0 aliphatic carbocycles. The summed E-state index contributed by atoms with van der Waals surface area (Å²) in [5.41, 5.74) is 1.59. The highest BCUT2D eigenvalue weighted by Crippen LogP contribution is 2.35. The van der Waals surface area contributed by atoms with Gasteiger partial charge in [0, 0.05) is 22.4 Å². The Bertz CT molecular complexity index is 1270. The van der Waals surface area contributed by atoms with Crippen molar-refractivity contribution in [2.45, 2.75) is 29.9 Å². The van der Waals surface area contributed by atoms with E-state index in [-0.39, 0.29) is 0 Å². The van der Waals surface area contributed by atoms with E-state index in [0.29, 0.717) is 22.1 Å². The minimum Gasteiger partial charge on any atom is -0.479 e. The summed E-state index contributed by atoms with van der Waals surface area (Å²) in [5, 5.41) is 9.54. The average molecular weight is 491 g/mol. The molecule has 0 bridgehead atoms. The van der Waals surface area contributed by atoms with Crippen LogP contribution in [0.4, 0.5) is 13.2 Å². The van der Waals surface area contributed by atoms with E-state index in [1.807, 2.05) is 18.2 Å². The van der Waals surface area contributed by atoms with Crippen LogP contribution in [-0.2, 0) is 16.7 Å². The lowest BCUT2D eigenvalue weighted by atomic mass is 10.1. The number of alkyl halides is 3. The normalized spacial score (nSPS) is 12.6. The first kappa shape index (κ1) is 23.1. The van der Waals surface area contributed by atoms with E-state index >= 15 is 0 Å². The molecule has 0 saturated carbocycles. The van der Waals surface area contributed by atoms with Crippen LogP contribution in [0.25, 0.3) is 20.9 Å². The number of halogens is 3. The third kappa shape index (κ3) is 5.45. The number of ether oxygens (including phenoxy) is 1. The molecule has 0 spiro atoms. The summed E-state index contributed by atoms with van der Waals surface area (Å²) < 4.78 is 43.8. The van der Waals surface area contributed by atoms with E-state index in [0.717, 1.165) is 32.9 Å². The Morgan fingerprint density at radius 3 is 2.45 bits per heavy atom. The molecule has 0 saturated heterocycles. The van der Waals surface area contributed by atoms with Gasteiger partial charge in [0.05, 0.1) is 5.56 Å². The summed E-state index contributed by atoms with van der Waals surface area (Å²) in [6, 6.07) is 14.0. The lowest BCUT2D eigenvalue weighted by molar-refractivity contribution is -0.144. The number of hydrogen-bond donors (Lipinski definition) is 1. The maximum atomic E-state index is 12.8. The van der Waals surface area contributed by atoms with Gasteiger partial charge in [-0.3, -0.25) is 0 Å². The van der Waals surface area contributed by atoms with Crippen LogP contribution >= 0.6 is 23.1 Å². The number of thioether (sulfide) groups is 1. The zero-order valence-electron chi connectivity index (χ0n) is 17.2. The second kappa shape index (κ2) is 9.40. The highest BCUT2D eigenvalue weighted by atomic mass is 32.2. The van der Waals surface area contributed by atoms with Gasteiger partial charge < -0.3 is 9.84 Å². The number of rotatable bonds is 7. The molecule has 170 valence electrons. The van der Waals surface area contributed by atoms with E-state index in [9.17, 15) is 18.0 Å². The maximum Gasteiger partial charge on any atom is 0.416 e. The standard InChI is InChI=1S/C23H17F3N2O3S2/c1-13(22(29)30)31-17-6-8-18(9-7-17)32-12-15-10-11-27-21-19(15)28-20(33-21)14-2-4-16(5-3-14)23(24,25)26/h2-11,13H,12H2,1H3,(H,29,30). The summed E-state index contributed by atoms with van der Waals surface area (Å²) >= 11 is 2.90. The Hall–Kier alpha value is -3.11. The second-order valence-corrected chi connectivity index (χ2v) is 9.10. The molecule has 10 heteroatoms. The van der Waals surface area contributed by atoms with E-state index in [1.54, 1.807) is 30.1 Å². The number of benzene rings is 2. The highest BCUT2D eigenvalue weighted by Gasteiger charge is 2.30. The largest absolute Gasteiger partial charge is 0.479 e. The predicted octanol–water partition coefficient (Wildman–Crippen LogP) is 6.52. The molecule has 0 aliphatic heterocycles. The number of fused-ring (bicyclic) bond motifs is 1. The van der Waals surface area contributed by atoms with Crippen LogP contribution in [0.2, 0.25) is 0 Å². The van der Waals surface area contributed by atoms with Gasteiger partial charge in [-0.05, 0) is 55.0 Å². The van der Waals surface area contributed by atoms with Crippen molar-refractivity contribution in [3.8, 4) is 16.3 Å². The fraction of sp³-hybridized carbons (Fsp3) is 0.174. The molecule has 4 aromatic rings. The van der Waals surface area contributed by atoms with Gasteiger partial charge in [0.2, 0.25) is 0 Å². The molecule has 4 rings (SSSR count). The number of carbonyl (C=O) groups is 1. The van der Waals surface area contributed by atoms with Crippen molar-refractivity contribution >= 4 is 39.4 Å². The molecule has 2 aromatic carbocycles. The van der Waals surface area contributed by atoms with Crippen molar-refractivity contribution in [1.29, 1.82) is 0 Å². The van der Waals surface area contributed by atoms with Crippen LogP contribution in [0, 0.1) is 0 Å². The third-order valence-electron chi connectivity index (χ3n) is 4.72. The van der Waals surface area contributed by atoms with Gasteiger partial charge in [-0.25, -0.2) is 14.8 Å². The topological polar surface area (TPSA) is 72.3 Å². The molecular weight excluding hydrogens is 473 g/mol. The maximum absolute atomic E-state index is 12.8. The SMILES string of the molecule is CC(Oc1ccc(SCc2ccnc3sc(-c4ccc(C(F)(F)F)cc4)nc23)cc1)C(=O)O. The average Bonchev–Trinajstić information content (AvgIpc) is 3.23. The van der Waals surface area contributed by atoms with Crippen LogP contribution < -0.4 is 4.74 Å². The molecule has 2 heterocycles. The summed E-state index contributed by atoms with van der Waals surface area (Å²) in [6.45, 7) is 1.46. The van der Waals surface area contributed by atoms with Crippen molar-refractivity contribution in [1.82, 2.24) is 9.97 Å². The van der Waals surface area contributed by atoms with Crippen molar-refractivity contribution in [3.63, 3.8) is 0 Å². The Morgan fingerprint density at radius 1 is 1.12 bits per heavy atom. The van der Waals surface area contributed by atoms with Gasteiger partial charge in [0.25, 0.3) is 0 Å². The third-order valence-corrected chi connectivity index (χ3v) is 6.79. The van der Waals surface area contributed by atoms with Crippen LogP contribution in [-0.4, -0.2) is 27.1 Å². The fourth-order valence-electron chi connectivity index (χ4n) is 2.95. The Labute approximate surface area is 195 Å². The molecular formula is C23H17F3N2O3S2. The molecule has 1 N–H and O–H groups in total. The van der Waals surface area contributed by atoms with Crippen molar-refractivity contribution in [2.24, 2.45) is 0 Å². The highest BCUT2D eigenvalue weighted by molar-refractivity contribution is 7.98. The van der Waals surface area contributed by atoms with E-state index in [2.05, 4.69) is 9.97 Å². The van der Waals surface area contributed by atoms with Crippen molar-refractivity contribution in [3.05, 3.63) is 71.9 Å². The Balaban J connectivity index is 1.49. The van der Waals surface area contributed by atoms with Gasteiger partial charge >= 0.3 is 12.1 Å². The number of aliphatic carboxylic acids is 1. The Kier molecular flexibility index (Phi) is 6.57. The van der Waals surface area contributed by atoms with Gasteiger partial charge in [-0.15, -0.1) is 11.8 Å². The smallest absolute Gasteiger partial charge is 0.416 e. The number of hydrogen-bond acceptors (Lipinski definition) is 6. The fourth-order valence-corrected chi connectivity index (χ4v) is 4.80. The molecule has 0 aliphatic rings. The molecule has 1 atom stereocenters. The number of thiazole rings is 1. The zero-order valence-corrected chi connectivity index (χ0v) is 18.8. The van der Waals surface area contributed by atoms with Crippen LogP contribution in [0.15, 0.2) is 65.7 Å². The summed E-state index contributed by atoms with van der Waals surface area (Å²) in [7, 11) is 0. The van der Waals surface area contributed by atoms with Crippen molar-refractivity contribution < 1.29 is 27.8 Å². The minimum absolute atomic E-state index is 0.473. The first-order chi connectivity index (χ1) is 15.7. The molecule has 2 aromatic heterocycles. The van der Waals surface area contributed by atoms with E-state index in [4.69, 9.17) is 9.84 Å². The van der Waals surface area contributed by atoms with E-state index in [1.165, 1.54) is 30.4 Å². The quantitative estimate of drug-likeness (QED) is 0.297. The van der Waals surface area contributed by atoms with E-state index < -0.39 is 23.8 Å². The molecule has 0 fully saturated rings.